The zero-order valence-electron chi connectivity index (χ0n) is 10.9. The summed E-state index contributed by atoms with van der Waals surface area (Å²) in [6.45, 7) is 6.35. The van der Waals surface area contributed by atoms with E-state index >= 15 is 0 Å². The predicted octanol–water partition coefficient (Wildman–Crippen LogP) is 3.49. The normalized spacial score (nSPS) is 18.5. The van der Waals surface area contributed by atoms with Gasteiger partial charge in [-0.05, 0) is 43.3 Å². The second-order valence-corrected chi connectivity index (χ2v) is 6.65. The quantitative estimate of drug-likeness (QED) is 0.722. The van der Waals surface area contributed by atoms with E-state index in [9.17, 15) is 4.39 Å². The topological polar surface area (TPSA) is 6.48 Å². The predicted molar refractivity (Wildman–Crippen MR) is 84.2 cm³/mol. The van der Waals surface area contributed by atoms with Gasteiger partial charge in [-0.2, -0.15) is 0 Å². The van der Waals surface area contributed by atoms with Gasteiger partial charge in [0.1, 0.15) is 5.82 Å². The van der Waals surface area contributed by atoms with Gasteiger partial charge in [-0.1, -0.05) is 31.9 Å². The highest BCUT2D eigenvalue weighted by Crippen LogP contribution is 2.17. The first-order valence-electron chi connectivity index (χ1n) is 6.63. The maximum Gasteiger partial charge on any atom is 0.124 e. The summed E-state index contributed by atoms with van der Waals surface area (Å²) in [7, 11) is 0. The maximum atomic E-state index is 13.4. The van der Waals surface area contributed by atoms with Gasteiger partial charge in [0, 0.05) is 36.0 Å². The SMILES string of the molecule is Fc1cc(Br)cc(CN2CCCN(CCBr)CC2)c1. The minimum absolute atomic E-state index is 0.167. The molecule has 19 heavy (non-hydrogen) atoms. The Morgan fingerprint density at radius 3 is 2.53 bits per heavy atom. The van der Waals surface area contributed by atoms with Crippen LogP contribution < -0.4 is 0 Å². The fourth-order valence-electron chi connectivity index (χ4n) is 2.49. The molecule has 0 aromatic heterocycles. The van der Waals surface area contributed by atoms with Crippen LogP contribution in [0.25, 0.3) is 0 Å². The average Bonchev–Trinajstić information content (AvgIpc) is 2.54. The lowest BCUT2D eigenvalue weighted by molar-refractivity contribution is 0.258. The van der Waals surface area contributed by atoms with Crippen LogP contribution in [0.4, 0.5) is 4.39 Å². The Kier molecular flexibility index (Phi) is 6.26. The number of hydrogen-bond acceptors (Lipinski definition) is 2. The Bertz CT molecular complexity index is 394. The van der Waals surface area contributed by atoms with Crippen LogP contribution in [0.3, 0.4) is 0 Å². The van der Waals surface area contributed by atoms with E-state index in [1.807, 2.05) is 6.07 Å². The molecule has 1 saturated heterocycles. The standard InChI is InChI=1S/C14H19Br2FN2/c15-2-5-18-3-1-4-19(7-6-18)11-12-8-13(16)10-14(17)9-12/h8-10H,1-7,11H2. The van der Waals surface area contributed by atoms with Crippen molar-refractivity contribution < 1.29 is 4.39 Å². The summed E-state index contributed by atoms with van der Waals surface area (Å²) in [6, 6.07) is 5.14. The molecule has 5 heteroatoms. The summed E-state index contributed by atoms with van der Waals surface area (Å²) >= 11 is 6.84. The fourth-order valence-corrected chi connectivity index (χ4v) is 3.50. The summed E-state index contributed by atoms with van der Waals surface area (Å²) in [5, 5.41) is 1.03. The lowest BCUT2D eigenvalue weighted by atomic mass is 10.2. The molecular weight excluding hydrogens is 375 g/mol. The molecule has 106 valence electrons. The summed E-state index contributed by atoms with van der Waals surface area (Å²) in [6.07, 6.45) is 1.18. The van der Waals surface area contributed by atoms with Crippen LogP contribution >= 0.6 is 31.9 Å². The van der Waals surface area contributed by atoms with Crippen molar-refractivity contribution in [3.05, 3.63) is 34.1 Å². The fraction of sp³-hybridized carbons (Fsp3) is 0.571. The molecule has 1 heterocycles. The van der Waals surface area contributed by atoms with E-state index in [0.29, 0.717) is 0 Å². The lowest BCUT2D eigenvalue weighted by Crippen LogP contribution is -2.31. The first kappa shape index (κ1) is 15.4. The third-order valence-corrected chi connectivity index (χ3v) is 4.22. The van der Waals surface area contributed by atoms with Gasteiger partial charge in [-0.25, -0.2) is 4.39 Å². The summed E-state index contributed by atoms with van der Waals surface area (Å²) in [4.78, 5) is 4.89. The van der Waals surface area contributed by atoms with Crippen molar-refractivity contribution in [2.45, 2.75) is 13.0 Å². The first-order valence-corrected chi connectivity index (χ1v) is 8.54. The van der Waals surface area contributed by atoms with Crippen molar-refractivity contribution in [1.29, 1.82) is 0 Å². The number of halogens is 3. The van der Waals surface area contributed by atoms with Crippen molar-refractivity contribution in [1.82, 2.24) is 9.80 Å². The summed E-state index contributed by atoms with van der Waals surface area (Å²) < 4.78 is 14.2. The number of hydrogen-bond donors (Lipinski definition) is 0. The van der Waals surface area contributed by atoms with Crippen molar-refractivity contribution in [3.8, 4) is 0 Å². The molecule has 2 rings (SSSR count). The molecule has 0 amide bonds. The van der Waals surface area contributed by atoms with E-state index in [-0.39, 0.29) is 5.82 Å². The molecule has 0 unspecified atom stereocenters. The summed E-state index contributed by atoms with van der Waals surface area (Å²) in [5.41, 5.74) is 1.04. The van der Waals surface area contributed by atoms with Crippen LogP contribution in [0.1, 0.15) is 12.0 Å². The molecule has 1 aromatic carbocycles. The van der Waals surface area contributed by atoms with Gasteiger partial charge in [0.15, 0.2) is 0 Å². The highest BCUT2D eigenvalue weighted by Gasteiger charge is 2.14. The summed E-state index contributed by atoms with van der Waals surface area (Å²) in [5.74, 6) is -0.167. The Morgan fingerprint density at radius 2 is 1.79 bits per heavy atom. The van der Waals surface area contributed by atoms with Crippen LogP contribution in [0.2, 0.25) is 0 Å². The van der Waals surface area contributed by atoms with Crippen molar-refractivity contribution >= 4 is 31.9 Å². The molecule has 0 aliphatic carbocycles. The van der Waals surface area contributed by atoms with Gasteiger partial charge in [0.2, 0.25) is 0 Å². The Morgan fingerprint density at radius 1 is 1.05 bits per heavy atom. The molecule has 0 bridgehead atoms. The van der Waals surface area contributed by atoms with Crippen molar-refractivity contribution in [2.75, 3.05) is 38.1 Å². The zero-order chi connectivity index (χ0) is 13.7. The minimum Gasteiger partial charge on any atom is -0.301 e. The van der Waals surface area contributed by atoms with E-state index in [4.69, 9.17) is 0 Å². The second kappa shape index (κ2) is 7.72. The van der Waals surface area contributed by atoms with Crippen LogP contribution in [0, 0.1) is 5.82 Å². The second-order valence-electron chi connectivity index (χ2n) is 4.94. The highest BCUT2D eigenvalue weighted by molar-refractivity contribution is 9.10. The van der Waals surface area contributed by atoms with Crippen LogP contribution in [0.15, 0.2) is 22.7 Å². The van der Waals surface area contributed by atoms with Gasteiger partial charge >= 0.3 is 0 Å². The highest BCUT2D eigenvalue weighted by atomic mass is 79.9. The monoisotopic (exact) mass is 392 g/mol. The van der Waals surface area contributed by atoms with Gasteiger partial charge in [0.25, 0.3) is 0 Å². The molecule has 1 aliphatic rings. The number of alkyl halides is 1. The third kappa shape index (κ3) is 5.14. The van der Waals surface area contributed by atoms with Gasteiger partial charge in [0.05, 0.1) is 0 Å². The minimum atomic E-state index is -0.167. The molecule has 0 N–H and O–H groups in total. The van der Waals surface area contributed by atoms with Gasteiger partial charge < -0.3 is 4.90 Å². The molecule has 2 nitrogen and oxygen atoms in total. The van der Waals surface area contributed by atoms with E-state index in [1.165, 1.54) is 12.5 Å². The Hall–Kier alpha value is 0.0300. The number of nitrogens with zero attached hydrogens (tertiary/aromatic N) is 2. The van der Waals surface area contributed by atoms with Crippen LogP contribution in [-0.2, 0) is 6.54 Å². The average molecular weight is 394 g/mol. The van der Waals surface area contributed by atoms with Gasteiger partial charge in [-0.15, -0.1) is 0 Å². The Balaban J connectivity index is 1.92. The van der Waals surface area contributed by atoms with Crippen LogP contribution in [-0.4, -0.2) is 47.9 Å². The van der Waals surface area contributed by atoms with Crippen molar-refractivity contribution in [3.63, 3.8) is 0 Å². The van der Waals surface area contributed by atoms with E-state index in [2.05, 4.69) is 41.7 Å². The molecule has 1 aliphatic heterocycles. The molecule has 1 aromatic rings. The van der Waals surface area contributed by atoms with Crippen molar-refractivity contribution in [2.24, 2.45) is 0 Å². The smallest absolute Gasteiger partial charge is 0.124 e. The Labute approximate surface area is 131 Å². The number of benzene rings is 1. The van der Waals surface area contributed by atoms with E-state index < -0.39 is 0 Å². The number of rotatable bonds is 4. The molecule has 0 spiro atoms. The largest absolute Gasteiger partial charge is 0.301 e. The zero-order valence-corrected chi connectivity index (χ0v) is 14.1. The van der Waals surface area contributed by atoms with E-state index in [1.54, 1.807) is 6.07 Å². The molecule has 0 saturated carbocycles. The lowest BCUT2D eigenvalue weighted by Gasteiger charge is -2.21. The molecule has 0 atom stereocenters. The maximum absolute atomic E-state index is 13.4. The van der Waals surface area contributed by atoms with Crippen LogP contribution in [0.5, 0.6) is 0 Å². The molecule has 0 radical (unpaired) electrons. The molecular formula is C14H19Br2FN2. The van der Waals surface area contributed by atoms with E-state index in [0.717, 1.165) is 54.6 Å². The van der Waals surface area contributed by atoms with Gasteiger partial charge in [-0.3, -0.25) is 4.90 Å². The molecule has 1 fully saturated rings. The first-order chi connectivity index (χ1) is 9.17. The third-order valence-electron chi connectivity index (χ3n) is 3.41.